The Morgan fingerprint density at radius 2 is 1.83 bits per heavy atom. The van der Waals surface area contributed by atoms with E-state index in [4.69, 9.17) is 14.2 Å². The third kappa shape index (κ3) is 5.19. The molecule has 4 nitrogen and oxygen atoms in total. The Balaban J connectivity index is 2.76. The van der Waals surface area contributed by atoms with Crippen molar-refractivity contribution in [3.8, 4) is 11.5 Å². The molecule has 0 amide bonds. The summed E-state index contributed by atoms with van der Waals surface area (Å²) in [4.78, 5) is 12.9. The number of hydrogen-bond donors (Lipinski definition) is 0. The number of carbonyl (C=O) groups excluding carboxylic acids is 1. The van der Waals surface area contributed by atoms with Gasteiger partial charge in [-0.15, -0.1) is 0 Å². The Morgan fingerprint density at radius 3 is 2.37 bits per heavy atom. The molecule has 1 aromatic carbocycles. The fraction of sp³-hybridized carbons (Fsp3) is 0.654. The molecule has 0 heterocycles. The van der Waals surface area contributed by atoms with Crippen LogP contribution in [0, 0.1) is 11.3 Å². The molecule has 1 aliphatic carbocycles. The van der Waals surface area contributed by atoms with Crippen LogP contribution >= 0.6 is 0 Å². The fourth-order valence-corrected chi connectivity index (χ4v) is 4.81. The number of ether oxygens (including phenoxy) is 3. The van der Waals surface area contributed by atoms with Gasteiger partial charge < -0.3 is 14.2 Å². The van der Waals surface area contributed by atoms with E-state index in [0.717, 1.165) is 55.4 Å². The Bertz CT molecular complexity index is 770. The van der Waals surface area contributed by atoms with Gasteiger partial charge >= 0.3 is 5.97 Å². The van der Waals surface area contributed by atoms with Crippen LogP contribution in [0.2, 0.25) is 0 Å². The number of rotatable bonds is 8. The predicted molar refractivity (Wildman–Crippen MR) is 123 cm³/mol. The molecule has 0 aliphatic heterocycles. The van der Waals surface area contributed by atoms with Crippen LogP contribution in [0.1, 0.15) is 94.1 Å². The summed E-state index contributed by atoms with van der Waals surface area (Å²) in [6.07, 6.45) is 8.60. The van der Waals surface area contributed by atoms with E-state index < -0.39 is 0 Å². The van der Waals surface area contributed by atoms with E-state index in [1.165, 1.54) is 12.7 Å². The standard InChI is InChI=1S/C26H40O4/c1-9-10-11-12-18-16-21(28-6)23(24(29-7)22(18)25(27)30-8)19-15-17(2)13-14-20(19)26(3,4)5/h15-16,19-20H,9-14H2,1-8H3. The van der Waals surface area contributed by atoms with Gasteiger partial charge in [-0.3, -0.25) is 0 Å². The van der Waals surface area contributed by atoms with Crippen molar-refractivity contribution >= 4 is 5.97 Å². The average Bonchev–Trinajstić information content (AvgIpc) is 2.71. The van der Waals surface area contributed by atoms with E-state index in [9.17, 15) is 4.79 Å². The Hall–Kier alpha value is -1.97. The summed E-state index contributed by atoms with van der Waals surface area (Å²) >= 11 is 0. The minimum atomic E-state index is -0.342. The van der Waals surface area contributed by atoms with Gasteiger partial charge in [0.25, 0.3) is 0 Å². The molecule has 0 radical (unpaired) electrons. The zero-order chi connectivity index (χ0) is 22.5. The number of esters is 1. The summed E-state index contributed by atoms with van der Waals surface area (Å²) in [6.45, 7) is 11.2. The third-order valence-corrected chi connectivity index (χ3v) is 6.42. The van der Waals surface area contributed by atoms with Crippen molar-refractivity contribution in [2.45, 2.75) is 79.1 Å². The lowest BCUT2D eigenvalue weighted by molar-refractivity contribution is 0.0595. The molecule has 0 spiro atoms. The van der Waals surface area contributed by atoms with Gasteiger partial charge in [0.1, 0.15) is 17.1 Å². The van der Waals surface area contributed by atoms with E-state index in [1.54, 1.807) is 14.2 Å². The molecular weight excluding hydrogens is 376 g/mol. The number of aryl methyl sites for hydroxylation is 1. The Labute approximate surface area is 183 Å². The van der Waals surface area contributed by atoms with Crippen molar-refractivity contribution in [3.05, 3.63) is 34.4 Å². The summed E-state index contributed by atoms with van der Waals surface area (Å²) in [5, 5.41) is 0. The van der Waals surface area contributed by atoms with Crippen LogP contribution in [0.15, 0.2) is 17.7 Å². The van der Waals surface area contributed by atoms with Gasteiger partial charge in [0, 0.05) is 11.5 Å². The fourth-order valence-electron chi connectivity index (χ4n) is 4.81. The second kappa shape index (κ2) is 10.4. The molecule has 0 saturated carbocycles. The highest BCUT2D eigenvalue weighted by atomic mass is 16.5. The summed E-state index contributed by atoms with van der Waals surface area (Å²) < 4.78 is 17.0. The minimum absolute atomic E-state index is 0.114. The second-order valence-corrected chi connectivity index (χ2v) is 9.56. The lowest BCUT2D eigenvalue weighted by Gasteiger charge is -2.40. The Morgan fingerprint density at radius 1 is 1.13 bits per heavy atom. The number of hydrogen-bond acceptors (Lipinski definition) is 4. The first-order chi connectivity index (χ1) is 14.2. The quantitative estimate of drug-likeness (QED) is 0.268. The van der Waals surface area contributed by atoms with Crippen LogP contribution < -0.4 is 9.47 Å². The molecule has 2 atom stereocenters. The number of unbranched alkanes of at least 4 members (excludes halogenated alkanes) is 2. The van der Waals surface area contributed by atoms with Crippen LogP contribution in [0.3, 0.4) is 0 Å². The number of carbonyl (C=O) groups is 1. The van der Waals surface area contributed by atoms with E-state index in [0.29, 0.717) is 17.2 Å². The van der Waals surface area contributed by atoms with Crippen molar-refractivity contribution in [2.75, 3.05) is 21.3 Å². The van der Waals surface area contributed by atoms with Gasteiger partial charge in [-0.25, -0.2) is 4.79 Å². The monoisotopic (exact) mass is 416 g/mol. The molecule has 168 valence electrons. The second-order valence-electron chi connectivity index (χ2n) is 9.56. The highest BCUT2D eigenvalue weighted by molar-refractivity contribution is 5.95. The van der Waals surface area contributed by atoms with E-state index in [2.05, 4.69) is 40.7 Å². The van der Waals surface area contributed by atoms with Gasteiger partial charge in [0.2, 0.25) is 0 Å². The molecule has 0 bridgehead atoms. The predicted octanol–water partition coefficient (Wildman–Crippen LogP) is 6.71. The van der Waals surface area contributed by atoms with Crippen LogP contribution in [-0.2, 0) is 11.2 Å². The van der Waals surface area contributed by atoms with Gasteiger partial charge in [0.15, 0.2) is 0 Å². The van der Waals surface area contributed by atoms with Crippen LogP contribution in [0.4, 0.5) is 0 Å². The summed E-state index contributed by atoms with van der Waals surface area (Å²) in [5.74, 6) is 1.61. The smallest absolute Gasteiger partial charge is 0.341 e. The molecule has 30 heavy (non-hydrogen) atoms. The molecule has 2 unspecified atom stereocenters. The van der Waals surface area contributed by atoms with Crippen LogP contribution in [-0.4, -0.2) is 27.3 Å². The largest absolute Gasteiger partial charge is 0.496 e. The maximum Gasteiger partial charge on any atom is 0.341 e. The van der Waals surface area contributed by atoms with Crippen molar-refractivity contribution < 1.29 is 19.0 Å². The number of benzene rings is 1. The van der Waals surface area contributed by atoms with Crippen LogP contribution in [0.25, 0.3) is 0 Å². The molecule has 1 aliphatic rings. The van der Waals surface area contributed by atoms with Gasteiger partial charge in [-0.1, -0.05) is 52.2 Å². The van der Waals surface area contributed by atoms with Crippen molar-refractivity contribution in [3.63, 3.8) is 0 Å². The molecule has 0 aromatic heterocycles. The maximum absolute atomic E-state index is 12.9. The molecule has 0 N–H and O–H groups in total. The zero-order valence-corrected chi connectivity index (χ0v) is 20.2. The highest BCUT2D eigenvalue weighted by Crippen LogP contribution is 2.52. The van der Waals surface area contributed by atoms with E-state index >= 15 is 0 Å². The first kappa shape index (κ1) is 24.3. The van der Waals surface area contributed by atoms with Gasteiger partial charge in [-0.2, -0.15) is 0 Å². The number of methoxy groups -OCH3 is 3. The third-order valence-electron chi connectivity index (χ3n) is 6.42. The summed E-state index contributed by atoms with van der Waals surface area (Å²) in [6, 6.07) is 2.04. The topological polar surface area (TPSA) is 44.8 Å². The lowest BCUT2D eigenvalue weighted by Crippen LogP contribution is -2.29. The first-order valence-corrected chi connectivity index (χ1v) is 11.2. The lowest BCUT2D eigenvalue weighted by atomic mass is 9.65. The molecule has 4 heteroatoms. The van der Waals surface area contributed by atoms with E-state index in [1.807, 2.05) is 6.07 Å². The van der Waals surface area contributed by atoms with Gasteiger partial charge in [-0.05, 0) is 55.6 Å². The molecular formula is C26H40O4. The SMILES string of the molecule is CCCCCc1cc(OC)c(C2C=C(C)CCC2C(C)(C)C)c(OC)c1C(=O)OC. The average molecular weight is 417 g/mol. The Kier molecular flexibility index (Phi) is 8.40. The molecule has 2 rings (SSSR count). The zero-order valence-electron chi connectivity index (χ0n) is 20.2. The molecule has 1 aromatic rings. The summed E-state index contributed by atoms with van der Waals surface area (Å²) in [7, 11) is 4.79. The molecule has 0 saturated heterocycles. The maximum atomic E-state index is 12.9. The molecule has 0 fully saturated rings. The van der Waals surface area contributed by atoms with Crippen LogP contribution in [0.5, 0.6) is 11.5 Å². The van der Waals surface area contributed by atoms with E-state index in [-0.39, 0.29) is 17.3 Å². The van der Waals surface area contributed by atoms with Crippen molar-refractivity contribution in [1.29, 1.82) is 0 Å². The highest BCUT2D eigenvalue weighted by Gasteiger charge is 2.38. The minimum Gasteiger partial charge on any atom is -0.496 e. The number of allylic oxidation sites excluding steroid dienone is 2. The van der Waals surface area contributed by atoms with Crippen molar-refractivity contribution in [1.82, 2.24) is 0 Å². The first-order valence-electron chi connectivity index (χ1n) is 11.2. The van der Waals surface area contributed by atoms with Crippen molar-refractivity contribution in [2.24, 2.45) is 11.3 Å². The normalized spacial score (nSPS) is 19.3. The summed E-state index contributed by atoms with van der Waals surface area (Å²) in [5.41, 5.74) is 3.95. The van der Waals surface area contributed by atoms with Gasteiger partial charge in [0.05, 0.1) is 21.3 Å².